The van der Waals surface area contributed by atoms with Gasteiger partial charge in [0.15, 0.2) is 0 Å². The van der Waals surface area contributed by atoms with Gasteiger partial charge in [-0.15, -0.1) is 0 Å². The standard InChI is InChI=1S/C10H10BrClO/c11-6-8-9(12)2-1-3-10(8)13-7-4-5-7/h1-3,7H,4-6H2. The van der Waals surface area contributed by atoms with Gasteiger partial charge in [0, 0.05) is 15.9 Å². The van der Waals surface area contributed by atoms with Gasteiger partial charge in [-0.3, -0.25) is 0 Å². The molecule has 1 aromatic carbocycles. The van der Waals surface area contributed by atoms with Crippen molar-refractivity contribution in [3.63, 3.8) is 0 Å². The van der Waals surface area contributed by atoms with Gasteiger partial charge in [-0.2, -0.15) is 0 Å². The van der Waals surface area contributed by atoms with Crippen molar-refractivity contribution in [2.75, 3.05) is 0 Å². The lowest BCUT2D eigenvalue weighted by Crippen LogP contribution is -1.98. The first-order valence-electron chi connectivity index (χ1n) is 4.31. The summed E-state index contributed by atoms with van der Waals surface area (Å²) in [6, 6.07) is 5.78. The smallest absolute Gasteiger partial charge is 0.125 e. The average Bonchev–Trinajstić information content (AvgIpc) is 2.89. The average molecular weight is 262 g/mol. The lowest BCUT2D eigenvalue weighted by atomic mass is 10.2. The molecule has 0 amide bonds. The van der Waals surface area contributed by atoms with Crippen molar-refractivity contribution in [2.45, 2.75) is 24.3 Å². The number of rotatable bonds is 3. The maximum absolute atomic E-state index is 6.02. The van der Waals surface area contributed by atoms with Crippen LogP contribution in [0.2, 0.25) is 5.02 Å². The fraction of sp³-hybridized carbons (Fsp3) is 0.400. The molecule has 2 rings (SSSR count). The molecule has 0 radical (unpaired) electrons. The Bertz CT molecular complexity index is 310. The third-order valence-corrected chi connectivity index (χ3v) is 2.94. The van der Waals surface area contributed by atoms with Gasteiger partial charge in [-0.05, 0) is 25.0 Å². The van der Waals surface area contributed by atoms with Crippen LogP contribution >= 0.6 is 27.5 Å². The van der Waals surface area contributed by atoms with Crippen LogP contribution in [0.4, 0.5) is 0 Å². The second-order valence-electron chi connectivity index (χ2n) is 3.17. The van der Waals surface area contributed by atoms with Crippen molar-refractivity contribution < 1.29 is 4.74 Å². The minimum atomic E-state index is 0.427. The molecule has 1 aromatic rings. The van der Waals surface area contributed by atoms with Gasteiger partial charge in [0.2, 0.25) is 0 Å². The van der Waals surface area contributed by atoms with Gasteiger partial charge < -0.3 is 4.74 Å². The summed E-state index contributed by atoms with van der Waals surface area (Å²) in [6.07, 6.45) is 2.78. The number of hydrogen-bond donors (Lipinski definition) is 0. The third kappa shape index (κ3) is 2.18. The topological polar surface area (TPSA) is 9.23 Å². The van der Waals surface area contributed by atoms with E-state index in [2.05, 4.69) is 15.9 Å². The van der Waals surface area contributed by atoms with E-state index in [0.717, 1.165) is 21.7 Å². The van der Waals surface area contributed by atoms with Crippen LogP contribution in [-0.2, 0) is 5.33 Å². The maximum atomic E-state index is 6.02. The molecule has 1 saturated carbocycles. The van der Waals surface area contributed by atoms with Gasteiger partial charge in [-0.25, -0.2) is 0 Å². The first-order valence-corrected chi connectivity index (χ1v) is 5.81. The predicted octanol–water partition coefficient (Wildman–Crippen LogP) is 3.78. The van der Waals surface area contributed by atoms with Crippen molar-refractivity contribution in [1.82, 2.24) is 0 Å². The van der Waals surface area contributed by atoms with E-state index in [1.807, 2.05) is 18.2 Å². The molecule has 1 nitrogen and oxygen atoms in total. The van der Waals surface area contributed by atoms with E-state index in [-0.39, 0.29) is 0 Å². The van der Waals surface area contributed by atoms with Gasteiger partial charge >= 0.3 is 0 Å². The molecule has 0 N–H and O–H groups in total. The minimum absolute atomic E-state index is 0.427. The highest BCUT2D eigenvalue weighted by Gasteiger charge is 2.24. The molecule has 1 fully saturated rings. The summed E-state index contributed by atoms with van der Waals surface area (Å²) in [5.74, 6) is 0.923. The van der Waals surface area contributed by atoms with E-state index in [9.17, 15) is 0 Å². The molecular formula is C10H10BrClO. The SMILES string of the molecule is Clc1cccc(OC2CC2)c1CBr. The van der Waals surface area contributed by atoms with Crippen LogP contribution in [0.25, 0.3) is 0 Å². The number of halogens is 2. The molecular weight excluding hydrogens is 251 g/mol. The summed E-state index contributed by atoms with van der Waals surface area (Å²) in [4.78, 5) is 0. The zero-order chi connectivity index (χ0) is 9.26. The van der Waals surface area contributed by atoms with Gasteiger partial charge in [0.1, 0.15) is 5.75 Å². The van der Waals surface area contributed by atoms with Crippen molar-refractivity contribution in [1.29, 1.82) is 0 Å². The van der Waals surface area contributed by atoms with Gasteiger partial charge in [0.25, 0.3) is 0 Å². The highest BCUT2D eigenvalue weighted by Crippen LogP contribution is 2.33. The van der Waals surface area contributed by atoms with Gasteiger partial charge in [-0.1, -0.05) is 33.6 Å². The molecule has 0 atom stereocenters. The van der Waals surface area contributed by atoms with E-state index >= 15 is 0 Å². The first-order chi connectivity index (χ1) is 6.31. The monoisotopic (exact) mass is 260 g/mol. The summed E-state index contributed by atoms with van der Waals surface area (Å²) in [7, 11) is 0. The molecule has 3 heteroatoms. The second-order valence-corrected chi connectivity index (χ2v) is 4.14. The second kappa shape index (κ2) is 3.89. The summed E-state index contributed by atoms with van der Waals surface area (Å²) < 4.78 is 5.71. The van der Waals surface area contributed by atoms with E-state index in [1.54, 1.807) is 0 Å². The van der Waals surface area contributed by atoms with E-state index in [1.165, 1.54) is 12.8 Å². The Morgan fingerprint density at radius 2 is 2.23 bits per heavy atom. The largest absolute Gasteiger partial charge is 0.490 e. The number of alkyl halides is 1. The Balaban J connectivity index is 2.25. The summed E-state index contributed by atoms with van der Waals surface area (Å²) in [6.45, 7) is 0. The van der Waals surface area contributed by atoms with Crippen LogP contribution in [-0.4, -0.2) is 6.10 Å². The fourth-order valence-corrected chi connectivity index (χ4v) is 2.12. The molecule has 0 saturated heterocycles. The molecule has 70 valence electrons. The van der Waals surface area contributed by atoms with Crippen LogP contribution < -0.4 is 4.74 Å². The van der Waals surface area contributed by atoms with Crippen LogP contribution in [0, 0.1) is 0 Å². The minimum Gasteiger partial charge on any atom is -0.490 e. The zero-order valence-corrected chi connectivity index (χ0v) is 9.44. The first kappa shape index (κ1) is 9.35. The van der Waals surface area contributed by atoms with Crippen LogP contribution in [0.5, 0.6) is 5.75 Å². The lowest BCUT2D eigenvalue weighted by molar-refractivity contribution is 0.301. The Labute approximate surface area is 91.2 Å². The zero-order valence-electron chi connectivity index (χ0n) is 7.09. The van der Waals surface area contributed by atoms with Crippen molar-refractivity contribution in [3.8, 4) is 5.75 Å². The number of hydrogen-bond acceptors (Lipinski definition) is 1. The summed E-state index contributed by atoms with van der Waals surface area (Å²) >= 11 is 9.43. The molecule has 1 aliphatic rings. The molecule has 0 spiro atoms. The predicted molar refractivity (Wildman–Crippen MR) is 57.7 cm³/mol. The fourth-order valence-electron chi connectivity index (χ4n) is 1.14. The summed E-state index contributed by atoms with van der Waals surface area (Å²) in [5, 5.41) is 1.52. The Morgan fingerprint density at radius 1 is 1.46 bits per heavy atom. The Kier molecular flexibility index (Phi) is 2.80. The molecule has 0 unspecified atom stereocenters. The third-order valence-electron chi connectivity index (χ3n) is 2.03. The van der Waals surface area contributed by atoms with E-state index < -0.39 is 0 Å². The molecule has 0 aliphatic heterocycles. The molecule has 0 heterocycles. The number of benzene rings is 1. The van der Waals surface area contributed by atoms with Crippen LogP contribution in [0.3, 0.4) is 0 Å². The Morgan fingerprint density at radius 3 is 2.85 bits per heavy atom. The Hall–Kier alpha value is -0.210. The molecule has 0 aromatic heterocycles. The molecule has 0 bridgehead atoms. The molecule has 1 aliphatic carbocycles. The van der Waals surface area contributed by atoms with E-state index in [4.69, 9.17) is 16.3 Å². The highest BCUT2D eigenvalue weighted by molar-refractivity contribution is 9.08. The van der Waals surface area contributed by atoms with Crippen molar-refractivity contribution >= 4 is 27.5 Å². The van der Waals surface area contributed by atoms with Crippen LogP contribution in [0.15, 0.2) is 18.2 Å². The van der Waals surface area contributed by atoms with E-state index in [0.29, 0.717) is 6.10 Å². The van der Waals surface area contributed by atoms with Gasteiger partial charge in [0.05, 0.1) is 6.10 Å². The quantitative estimate of drug-likeness (QED) is 0.753. The molecule has 13 heavy (non-hydrogen) atoms. The number of ether oxygens (including phenoxy) is 1. The lowest BCUT2D eigenvalue weighted by Gasteiger charge is -2.09. The normalized spacial score (nSPS) is 15.8. The van der Waals surface area contributed by atoms with Crippen molar-refractivity contribution in [2.24, 2.45) is 0 Å². The highest BCUT2D eigenvalue weighted by atomic mass is 79.9. The van der Waals surface area contributed by atoms with Crippen LogP contribution in [0.1, 0.15) is 18.4 Å². The summed E-state index contributed by atoms with van der Waals surface area (Å²) in [5.41, 5.74) is 1.05. The maximum Gasteiger partial charge on any atom is 0.125 e. The van der Waals surface area contributed by atoms with Crippen molar-refractivity contribution in [3.05, 3.63) is 28.8 Å².